The van der Waals surface area contributed by atoms with Gasteiger partial charge in [-0.25, -0.2) is 0 Å². The summed E-state index contributed by atoms with van der Waals surface area (Å²) in [6, 6.07) is 7.92. The first-order valence-electron chi connectivity index (χ1n) is 5.97. The van der Waals surface area contributed by atoms with Gasteiger partial charge in [-0.05, 0) is 43.0 Å². The van der Waals surface area contributed by atoms with Gasteiger partial charge in [0.15, 0.2) is 6.61 Å². The van der Waals surface area contributed by atoms with Gasteiger partial charge in [-0.15, -0.1) is 0 Å². The summed E-state index contributed by atoms with van der Waals surface area (Å²) in [7, 11) is 0. The molecule has 3 N–H and O–H groups in total. The van der Waals surface area contributed by atoms with Crippen LogP contribution in [0, 0.1) is 0 Å². The quantitative estimate of drug-likeness (QED) is 0.817. The van der Waals surface area contributed by atoms with E-state index < -0.39 is 5.91 Å². The lowest BCUT2D eigenvalue weighted by Gasteiger charge is -2.23. The van der Waals surface area contributed by atoms with E-state index in [0.29, 0.717) is 11.7 Å². The van der Waals surface area contributed by atoms with Crippen LogP contribution in [0.1, 0.15) is 24.3 Å². The Balaban J connectivity index is 1.94. The Morgan fingerprint density at radius 3 is 2.76 bits per heavy atom. The van der Waals surface area contributed by atoms with Crippen LogP contribution in [0.15, 0.2) is 24.3 Å². The van der Waals surface area contributed by atoms with E-state index in [2.05, 4.69) is 17.4 Å². The van der Waals surface area contributed by atoms with Crippen molar-refractivity contribution in [2.24, 2.45) is 5.73 Å². The fourth-order valence-electron chi connectivity index (χ4n) is 2.13. The molecular weight excluding hydrogens is 216 g/mol. The minimum atomic E-state index is -0.453. The number of nitrogens with two attached hydrogens (primary N) is 1. The van der Waals surface area contributed by atoms with Gasteiger partial charge in [-0.1, -0.05) is 12.1 Å². The average molecular weight is 234 g/mol. The smallest absolute Gasteiger partial charge is 0.255 e. The fraction of sp³-hybridized carbons (Fsp3) is 0.462. The number of nitrogens with one attached hydrogen (secondary N) is 1. The van der Waals surface area contributed by atoms with Crippen LogP contribution in [0.2, 0.25) is 0 Å². The van der Waals surface area contributed by atoms with Gasteiger partial charge in [-0.3, -0.25) is 4.79 Å². The molecule has 1 aromatic rings. The summed E-state index contributed by atoms with van der Waals surface area (Å²) in [6.07, 6.45) is 2.46. The molecule has 1 saturated heterocycles. The Morgan fingerprint density at radius 2 is 2.18 bits per heavy atom. The normalized spacial score (nSPS) is 19.9. The Bertz CT molecular complexity index is 370. The third-order valence-electron chi connectivity index (χ3n) is 3.03. The van der Waals surface area contributed by atoms with E-state index in [9.17, 15) is 4.79 Å². The number of hydrogen-bond donors (Lipinski definition) is 2. The highest BCUT2D eigenvalue weighted by molar-refractivity contribution is 5.75. The average Bonchev–Trinajstić information content (AvgIpc) is 2.38. The second-order valence-corrected chi connectivity index (χ2v) is 4.37. The predicted molar refractivity (Wildman–Crippen MR) is 66.0 cm³/mol. The molecule has 1 unspecified atom stereocenters. The van der Waals surface area contributed by atoms with Gasteiger partial charge in [0, 0.05) is 6.54 Å². The number of benzene rings is 1. The molecule has 1 aromatic carbocycles. The molecule has 0 bridgehead atoms. The van der Waals surface area contributed by atoms with Crippen molar-refractivity contribution >= 4 is 5.91 Å². The number of hydrogen-bond acceptors (Lipinski definition) is 3. The van der Waals surface area contributed by atoms with Crippen LogP contribution in [-0.4, -0.2) is 25.6 Å². The van der Waals surface area contributed by atoms with E-state index in [-0.39, 0.29) is 6.61 Å². The number of rotatable bonds is 4. The molecule has 1 amide bonds. The van der Waals surface area contributed by atoms with Crippen molar-refractivity contribution in [1.82, 2.24) is 5.32 Å². The highest BCUT2D eigenvalue weighted by Crippen LogP contribution is 2.24. The van der Waals surface area contributed by atoms with Gasteiger partial charge in [0.05, 0.1) is 0 Å². The second-order valence-electron chi connectivity index (χ2n) is 4.37. The van der Waals surface area contributed by atoms with E-state index in [4.69, 9.17) is 10.5 Å². The highest BCUT2D eigenvalue weighted by Gasteiger charge is 2.14. The van der Waals surface area contributed by atoms with Gasteiger partial charge in [0.1, 0.15) is 5.75 Å². The zero-order valence-corrected chi connectivity index (χ0v) is 9.82. The standard InChI is InChI=1S/C13H18N2O2/c14-13(16)9-17-12-5-3-10(4-6-12)11-2-1-7-15-8-11/h3-6,11,15H,1-2,7-9H2,(H2,14,16). The molecule has 0 aromatic heterocycles. The molecular formula is C13H18N2O2. The highest BCUT2D eigenvalue weighted by atomic mass is 16.5. The summed E-state index contributed by atoms with van der Waals surface area (Å²) in [5.74, 6) is 0.829. The topological polar surface area (TPSA) is 64.4 Å². The molecule has 0 aliphatic carbocycles. The first-order valence-corrected chi connectivity index (χ1v) is 5.97. The molecule has 1 atom stereocenters. The van der Waals surface area contributed by atoms with Gasteiger partial charge >= 0.3 is 0 Å². The SMILES string of the molecule is NC(=O)COc1ccc(C2CCCNC2)cc1. The lowest BCUT2D eigenvalue weighted by molar-refractivity contribution is -0.119. The molecule has 2 rings (SSSR count). The van der Waals surface area contributed by atoms with Gasteiger partial charge in [0.25, 0.3) is 5.91 Å². The zero-order valence-electron chi connectivity index (χ0n) is 9.82. The lowest BCUT2D eigenvalue weighted by Crippen LogP contribution is -2.28. The predicted octanol–water partition coefficient (Wildman–Crippen LogP) is 1.02. The van der Waals surface area contributed by atoms with E-state index in [1.165, 1.54) is 18.4 Å². The van der Waals surface area contributed by atoms with Gasteiger partial charge in [-0.2, -0.15) is 0 Å². The minimum Gasteiger partial charge on any atom is -0.484 e. The van der Waals surface area contributed by atoms with Gasteiger partial charge in [0.2, 0.25) is 0 Å². The molecule has 0 saturated carbocycles. The minimum absolute atomic E-state index is 0.0651. The maximum Gasteiger partial charge on any atom is 0.255 e. The number of primary amides is 1. The molecule has 1 aliphatic heterocycles. The Labute approximate surface area is 101 Å². The van der Waals surface area contributed by atoms with E-state index in [1.807, 2.05) is 12.1 Å². The summed E-state index contributed by atoms with van der Waals surface area (Å²) in [5, 5.41) is 3.40. The number of piperidine rings is 1. The second kappa shape index (κ2) is 5.68. The van der Waals surface area contributed by atoms with Crippen molar-refractivity contribution in [3.8, 4) is 5.75 Å². The molecule has 4 nitrogen and oxygen atoms in total. The Kier molecular flexibility index (Phi) is 3.98. The van der Waals surface area contributed by atoms with E-state index >= 15 is 0 Å². The van der Waals surface area contributed by atoms with E-state index in [1.54, 1.807) is 0 Å². The van der Waals surface area contributed by atoms with Crippen LogP contribution in [-0.2, 0) is 4.79 Å². The number of carbonyl (C=O) groups is 1. The van der Waals surface area contributed by atoms with Gasteiger partial charge < -0.3 is 15.8 Å². The maximum absolute atomic E-state index is 10.6. The molecule has 1 aliphatic rings. The van der Waals surface area contributed by atoms with Crippen LogP contribution in [0.3, 0.4) is 0 Å². The molecule has 4 heteroatoms. The molecule has 0 spiro atoms. The summed E-state index contributed by atoms with van der Waals surface area (Å²) < 4.78 is 5.22. The van der Waals surface area contributed by atoms with Crippen molar-refractivity contribution in [3.63, 3.8) is 0 Å². The monoisotopic (exact) mass is 234 g/mol. The summed E-state index contributed by atoms with van der Waals surface area (Å²) in [6.45, 7) is 2.10. The van der Waals surface area contributed by atoms with E-state index in [0.717, 1.165) is 13.1 Å². The maximum atomic E-state index is 10.6. The molecule has 1 fully saturated rings. The Morgan fingerprint density at radius 1 is 1.41 bits per heavy atom. The van der Waals surface area contributed by atoms with Crippen molar-refractivity contribution in [1.29, 1.82) is 0 Å². The van der Waals surface area contributed by atoms with Crippen LogP contribution in [0.4, 0.5) is 0 Å². The molecule has 1 heterocycles. The fourth-order valence-corrected chi connectivity index (χ4v) is 2.13. The number of ether oxygens (including phenoxy) is 1. The number of carbonyl (C=O) groups excluding carboxylic acids is 1. The van der Waals surface area contributed by atoms with Crippen molar-refractivity contribution in [2.75, 3.05) is 19.7 Å². The van der Waals surface area contributed by atoms with Crippen LogP contribution in [0.25, 0.3) is 0 Å². The molecule has 0 radical (unpaired) electrons. The van der Waals surface area contributed by atoms with Crippen LogP contribution in [0.5, 0.6) is 5.75 Å². The first-order chi connectivity index (χ1) is 8.25. The summed E-state index contributed by atoms with van der Waals surface area (Å²) >= 11 is 0. The Hall–Kier alpha value is -1.55. The number of amides is 1. The third-order valence-corrected chi connectivity index (χ3v) is 3.03. The van der Waals surface area contributed by atoms with Crippen molar-refractivity contribution in [3.05, 3.63) is 29.8 Å². The largest absolute Gasteiger partial charge is 0.484 e. The van der Waals surface area contributed by atoms with Crippen LogP contribution < -0.4 is 15.8 Å². The summed E-state index contributed by atoms with van der Waals surface area (Å²) in [4.78, 5) is 10.6. The third kappa shape index (κ3) is 3.46. The summed E-state index contributed by atoms with van der Waals surface area (Å²) in [5.41, 5.74) is 6.34. The molecule has 92 valence electrons. The molecule has 17 heavy (non-hydrogen) atoms. The lowest BCUT2D eigenvalue weighted by atomic mass is 9.92. The van der Waals surface area contributed by atoms with Crippen molar-refractivity contribution in [2.45, 2.75) is 18.8 Å². The van der Waals surface area contributed by atoms with Crippen LogP contribution >= 0.6 is 0 Å². The zero-order chi connectivity index (χ0) is 12.1. The first kappa shape index (κ1) is 11.9. The van der Waals surface area contributed by atoms with Crippen molar-refractivity contribution < 1.29 is 9.53 Å².